The first-order chi connectivity index (χ1) is 12.7. The van der Waals surface area contributed by atoms with Crippen molar-refractivity contribution in [3.05, 3.63) is 72.6 Å². The molecule has 1 amide bonds. The summed E-state index contributed by atoms with van der Waals surface area (Å²) < 4.78 is 10.6. The Morgan fingerprint density at radius 1 is 1.04 bits per heavy atom. The molecule has 1 atom stereocenters. The molecular formula is C19H20N4O3. The van der Waals surface area contributed by atoms with Crippen LogP contribution in [0.1, 0.15) is 11.6 Å². The summed E-state index contributed by atoms with van der Waals surface area (Å²) in [5, 5.41) is 11.2. The van der Waals surface area contributed by atoms with Crippen molar-refractivity contribution < 1.29 is 14.3 Å². The molecule has 1 heterocycles. The van der Waals surface area contributed by atoms with Crippen LogP contribution < -0.4 is 14.8 Å². The molecule has 1 N–H and O–H groups in total. The van der Waals surface area contributed by atoms with Gasteiger partial charge in [0.1, 0.15) is 11.5 Å². The molecule has 26 heavy (non-hydrogen) atoms. The average molecular weight is 352 g/mol. The number of amides is 1. The van der Waals surface area contributed by atoms with Crippen molar-refractivity contribution in [1.29, 1.82) is 0 Å². The van der Waals surface area contributed by atoms with E-state index in [0.29, 0.717) is 12.3 Å². The monoisotopic (exact) mass is 352 g/mol. The first kappa shape index (κ1) is 17.5. The number of nitrogens with one attached hydrogen (secondary N) is 1. The van der Waals surface area contributed by atoms with E-state index in [9.17, 15) is 4.79 Å². The SMILES string of the molecule is COc1ccc(OCC(=O)NC(Cn2nccn2)c2ccccc2)cc1. The van der Waals surface area contributed by atoms with E-state index in [1.807, 2.05) is 30.3 Å². The third-order valence-corrected chi connectivity index (χ3v) is 3.78. The number of benzene rings is 2. The van der Waals surface area contributed by atoms with Gasteiger partial charge < -0.3 is 14.8 Å². The second kappa shape index (κ2) is 8.66. The molecule has 0 bridgehead atoms. The summed E-state index contributed by atoms with van der Waals surface area (Å²) in [7, 11) is 1.60. The summed E-state index contributed by atoms with van der Waals surface area (Å²) in [6.45, 7) is 0.355. The lowest BCUT2D eigenvalue weighted by molar-refractivity contribution is -0.124. The lowest BCUT2D eigenvalue weighted by Crippen LogP contribution is -2.35. The smallest absolute Gasteiger partial charge is 0.258 e. The summed E-state index contributed by atoms with van der Waals surface area (Å²) >= 11 is 0. The van der Waals surface area contributed by atoms with E-state index >= 15 is 0 Å². The van der Waals surface area contributed by atoms with Crippen molar-refractivity contribution in [2.24, 2.45) is 0 Å². The Bertz CT molecular complexity index is 805. The fourth-order valence-electron chi connectivity index (χ4n) is 2.48. The van der Waals surface area contributed by atoms with Gasteiger partial charge in [-0.3, -0.25) is 4.79 Å². The molecule has 0 aliphatic heterocycles. The minimum atomic E-state index is -0.254. The van der Waals surface area contributed by atoms with Crippen molar-refractivity contribution in [3.8, 4) is 11.5 Å². The molecule has 0 fully saturated rings. The van der Waals surface area contributed by atoms with Crippen LogP contribution in [0.5, 0.6) is 11.5 Å². The van der Waals surface area contributed by atoms with Gasteiger partial charge in [-0.2, -0.15) is 15.0 Å². The predicted molar refractivity (Wildman–Crippen MR) is 95.8 cm³/mol. The van der Waals surface area contributed by atoms with Gasteiger partial charge in [0.15, 0.2) is 6.61 Å². The third-order valence-electron chi connectivity index (χ3n) is 3.78. The Morgan fingerprint density at radius 3 is 2.35 bits per heavy atom. The molecule has 3 rings (SSSR count). The molecule has 0 spiro atoms. The number of ether oxygens (including phenoxy) is 2. The normalized spacial score (nSPS) is 11.6. The highest BCUT2D eigenvalue weighted by Gasteiger charge is 2.16. The van der Waals surface area contributed by atoms with Gasteiger partial charge >= 0.3 is 0 Å². The summed E-state index contributed by atoms with van der Waals surface area (Å²) in [5.74, 6) is 1.12. The molecule has 134 valence electrons. The van der Waals surface area contributed by atoms with Crippen LogP contribution in [0, 0.1) is 0 Å². The molecule has 0 aliphatic carbocycles. The van der Waals surface area contributed by atoms with E-state index in [2.05, 4.69) is 15.5 Å². The Hall–Kier alpha value is -3.35. The molecule has 2 aromatic carbocycles. The summed E-state index contributed by atoms with van der Waals surface area (Å²) in [5.41, 5.74) is 0.975. The number of carbonyl (C=O) groups is 1. The van der Waals surface area contributed by atoms with Crippen molar-refractivity contribution in [2.45, 2.75) is 12.6 Å². The van der Waals surface area contributed by atoms with Crippen LogP contribution in [0.4, 0.5) is 0 Å². The molecule has 1 unspecified atom stereocenters. The zero-order chi connectivity index (χ0) is 18.2. The lowest BCUT2D eigenvalue weighted by Gasteiger charge is -2.19. The highest BCUT2D eigenvalue weighted by atomic mass is 16.5. The van der Waals surface area contributed by atoms with Crippen molar-refractivity contribution in [3.63, 3.8) is 0 Å². The number of methoxy groups -OCH3 is 1. The maximum absolute atomic E-state index is 12.3. The molecule has 7 heteroatoms. The molecule has 0 saturated carbocycles. The van der Waals surface area contributed by atoms with Crippen LogP contribution in [0.25, 0.3) is 0 Å². The zero-order valence-electron chi connectivity index (χ0n) is 14.4. The Kier molecular flexibility index (Phi) is 5.82. The van der Waals surface area contributed by atoms with Crippen LogP contribution in [-0.4, -0.2) is 34.6 Å². The molecule has 0 saturated heterocycles. The molecule has 0 aliphatic rings. The highest BCUT2D eigenvalue weighted by molar-refractivity contribution is 5.78. The van der Waals surface area contributed by atoms with Gasteiger partial charge in [-0.15, -0.1) is 0 Å². The van der Waals surface area contributed by atoms with Crippen LogP contribution >= 0.6 is 0 Å². The second-order valence-corrected chi connectivity index (χ2v) is 5.58. The number of aromatic nitrogens is 3. The number of carbonyl (C=O) groups excluding carboxylic acids is 1. The number of rotatable bonds is 8. The minimum Gasteiger partial charge on any atom is -0.497 e. The van der Waals surface area contributed by atoms with Crippen LogP contribution in [0.15, 0.2) is 67.0 Å². The van der Waals surface area contributed by atoms with Gasteiger partial charge in [0, 0.05) is 0 Å². The predicted octanol–water partition coefficient (Wildman–Crippen LogP) is 2.22. The molecule has 3 aromatic rings. The van der Waals surface area contributed by atoms with E-state index < -0.39 is 0 Å². The summed E-state index contributed by atoms with van der Waals surface area (Å²) in [6, 6.07) is 16.5. The highest BCUT2D eigenvalue weighted by Crippen LogP contribution is 2.17. The first-order valence-corrected chi connectivity index (χ1v) is 8.20. The number of nitrogens with zero attached hydrogens (tertiary/aromatic N) is 3. The number of hydrogen-bond acceptors (Lipinski definition) is 5. The zero-order valence-corrected chi connectivity index (χ0v) is 14.4. The van der Waals surface area contributed by atoms with Crippen LogP contribution in [0.2, 0.25) is 0 Å². The maximum Gasteiger partial charge on any atom is 0.258 e. The first-order valence-electron chi connectivity index (χ1n) is 8.20. The maximum atomic E-state index is 12.3. The summed E-state index contributed by atoms with van der Waals surface area (Å²) in [4.78, 5) is 13.9. The van der Waals surface area contributed by atoms with Gasteiger partial charge in [-0.25, -0.2) is 0 Å². The van der Waals surface area contributed by atoms with E-state index in [0.717, 1.165) is 11.3 Å². The fourth-order valence-corrected chi connectivity index (χ4v) is 2.48. The van der Waals surface area contributed by atoms with Gasteiger partial charge in [0.25, 0.3) is 5.91 Å². The minimum absolute atomic E-state index is 0.0812. The average Bonchev–Trinajstić information content (AvgIpc) is 3.20. The van der Waals surface area contributed by atoms with Gasteiger partial charge in [-0.1, -0.05) is 30.3 Å². The van der Waals surface area contributed by atoms with Crippen molar-refractivity contribution in [1.82, 2.24) is 20.3 Å². The van der Waals surface area contributed by atoms with Crippen molar-refractivity contribution in [2.75, 3.05) is 13.7 Å². The third kappa shape index (κ3) is 4.83. The fraction of sp³-hybridized carbons (Fsp3) is 0.211. The van der Waals surface area contributed by atoms with Crippen molar-refractivity contribution >= 4 is 5.91 Å². The van der Waals surface area contributed by atoms with E-state index in [-0.39, 0.29) is 18.6 Å². The quantitative estimate of drug-likeness (QED) is 0.673. The second-order valence-electron chi connectivity index (χ2n) is 5.58. The Labute approximate surface area is 151 Å². The Balaban J connectivity index is 1.61. The van der Waals surface area contributed by atoms with E-state index in [1.54, 1.807) is 48.6 Å². The molecule has 1 aromatic heterocycles. The largest absolute Gasteiger partial charge is 0.497 e. The van der Waals surface area contributed by atoms with Gasteiger partial charge in [-0.05, 0) is 29.8 Å². The van der Waals surface area contributed by atoms with E-state index in [1.165, 1.54) is 0 Å². The Morgan fingerprint density at radius 2 is 1.69 bits per heavy atom. The molecular weight excluding hydrogens is 332 g/mol. The van der Waals surface area contributed by atoms with Crippen LogP contribution in [-0.2, 0) is 11.3 Å². The summed E-state index contributed by atoms with van der Waals surface area (Å²) in [6.07, 6.45) is 3.22. The standard InChI is InChI=1S/C19H20N4O3/c1-25-16-7-9-17(10-8-16)26-14-19(24)22-18(13-23-20-11-12-21-23)15-5-3-2-4-6-15/h2-12,18H,13-14H2,1H3,(H,22,24). The van der Waals surface area contributed by atoms with E-state index in [4.69, 9.17) is 9.47 Å². The van der Waals surface area contributed by atoms with Crippen LogP contribution in [0.3, 0.4) is 0 Å². The molecule has 0 radical (unpaired) electrons. The number of hydrogen-bond donors (Lipinski definition) is 1. The topological polar surface area (TPSA) is 78.3 Å². The van der Waals surface area contributed by atoms with Gasteiger partial charge in [0.05, 0.1) is 32.1 Å². The molecule has 7 nitrogen and oxygen atoms in total. The van der Waals surface area contributed by atoms with Gasteiger partial charge in [0.2, 0.25) is 0 Å². The lowest BCUT2D eigenvalue weighted by atomic mass is 10.1.